The zero-order valence-electron chi connectivity index (χ0n) is 11.1. The molecule has 1 amide bonds. The Bertz CT molecular complexity index is 449. The maximum atomic E-state index is 11.0. The van der Waals surface area contributed by atoms with Gasteiger partial charge in [-0.05, 0) is 49.5 Å². The van der Waals surface area contributed by atoms with Crippen molar-refractivity contribution < 1.29 is 4.79 Å². The van der Waals surface area contributed by atoms with Crippen LogP contribution in [-0.4, -0.2) is 36.5 Å². The summed E-state index contributed by atoms with van der Waals surface area (Å²) in [4.78, 5) is 13.6. The van der Waals surface area contributed by atoms with E-state index in [0.717, 1.165) is 12.5 Å². The van der Waals surface area contributed by atoms with Gasteiger partial charge in [-0.2, -0.15) is 0 Å². The van der Waals surface area contributed by atoms with Crippen LogP contribution in [0.1, 0.15) is 28.8 Å². The average Bonchev–Trinajstić information content (AvgIpc) is 2.47. The molecule has 0 aliphatic carbocycles. The summed E-state index contributed by atoms with van der Waals surface area (Å²) < 4.78 is 0. The van der Waals surface area contributed by atoms with Gasteiger partial charge >= 0.3 is 0 Å². The predicted octanol–water partition coefficient (Wildman–Crippen LogP) is 0.969. The smallest absolute Gasteiger partial charge is 0.248 e. The van der Waals surface area contributed by atoms with E-state index in [1.54, 1.807) is 12.1 Å². The van der Waals surface area contributed by atoms with Crippen molar-refractivity contribution in [2.75, 3.05) is 19.6 Å². The first-order valence-electron chi connectivity index (χ1n) is 7.07. The van der Waals surface area contributed by atoms with Crippen LogP contribution in [0.4, 0.5) is 0 Å². The summed E-state index contributed by atoms with van der Waals surface area (Å²) in [5, 5.41) is 3.66. The number of nitrogens with one attached hydrogen (secondary N) is 1. The lowest BCUT2D eigenvalue weighted by Gasteiger charge is -2.45. The number of fused-ring (bicyclic) bond motifs is 3. The molecule has 0 aromatic heterocycles. The van der Waals surface area contributed by atoms with E-state index in [1.165, 1.54) is 38.0 Å². The Morgan fingerprint density at radius 3 is 2.47 bits per heavy atom. The molecule has 0 spiro atoms. The fourth-order valence-corrected chi connectivity index (χ4v) is 3.23. The highest BCUT2D eigenvalue weighted by Gasteiger charge is 2.33. The Labute approximate surface area is 114 Å². The molecule has 2 bridgehead atoms. The van der Waals surface area contributed by atoms with Crippen molar-refractivity contribution in [1.82, 2.24) is 10.2 Å². The van der Waals surface area contributed by atoms with E-state index in [1.807, 2.05) is 12.1 Å². The van der Waals surface area contributed by atoms with Crippen LogP contribution in [-0.2, 0) is 6.54 Å². The Morgan fingerprint density at radius 2 is 1.95 bits per heavy atom. The number of hydrogen-bond donors (Lipinski definition) is 2. The summed E-state index contributed by atoms with van der Waals surface area (Å²) in [5.74, 6) is 0.479. The zero-order valence-corrected chi connectivity index (χ0v) is 11.1. The Morgan fingerprint density at radius 1 is 1.26 bits per heavy atom. The summed E-state index contributed by atoms with van der Waals surface area (Å²) in [5.41, 5.74) is 7.02. The second-order valence-corrected chi connectivity index (χ2v) is 5.69. The van der Waals surface area contributed by atoms with E-state index in [0.29, 0.717) is 11.6 Å². The molecular formula is C15H21N3O. The molecule has 102 valence electrons. The van der Waals surface area contributed by atoms with Crippen LogP contribution in [0.25, 0.3) is 0 Å². The predicted molar refractivity (Wildman–Crippen MR) is 74.8 cm³/mol. The second kappa shape index (κ2) is 5.31. The topological polar surface area (TPSA) is 58.4 Å². The molecule has 4 heteroatoms. The monoisotopic (exact) mass is 259 g/mol. The van der Waals surface area contributed by atoms with Crippen molar-refractivity contribution in [2.45, 2.75) is 25.4 Å². The SMILES string of the molecule is NC(=O)c1ccc(CNC2CN3CCC2CC3)cc1. The zero-order chi connectivity index (χ0) is 13.2. The molecule has 4 nitrogen and oxygen atoms in total. The lowest BCUT2D eigenvalue weighted by atomic mass is 9.84. The van der Waals surface area contributed by atoms with Crippen molar-refractivity contribution in [3.8, 4) is 0 Å². The minimum Gasteiger partial charge on any atom is -0.366 e. The molecule has 3 saturated heterocycles. The fraction of sp³-hybridized carbons (Fsp3) is 0.533. The number of nitrogens with two attached hydrogens (primary N) is 1. The minimum atomic E-state index is -0.364. The van der Waals surface area contributed by atoms with Gasteiger partial charge in [-0.15, -0.1) is 0 Å². The van der Waals surface area contributed by atoms with Crippen LogP contribution in [0.2, 0.25) is 0 Å². The molecule has 1 atom stereocenters. The molecule has 1 unspecified atom stereocenters. The van der Waals surface area contributed by atoms with Crippen molar-refractivity contribution >= 4 is 5.91 Å². The standard InChI is InChI=1S/C15H21N3O/c16-15(19)13-3-1-11(2-4-13)9-17-14-10-18-7-5-12(14)6-8-18/h1-4,12,14,17H,5-10H2,(H2,16,19). The Balaban J connectivity index is 1.56. The fourth-order valence-electron chi connectivity index (χ4n) is 3.23. The number of carbonyl (C=O) groups is 1. The molecule has 0 radical (unpaired) electrons. The van der Waals surface area contributed by atoms with Crippen molar-refractivity contribution in [3.05, 3.63) is 35.4 Å². The van der Waals surface area contributed by atoms with E-state index < -0.39 is 0 Å². The van der Waals surface area contributed by atoms with Gasteiger partial charge in [0.2, 0.25) is 5.91 Å². The van der Waals surface area contributed by atoms with E-state index in [4.69, 9.17) is 5.73 Å². The minimum absolute atomic E-state index is 0.364. The highest BCUT2D eigenvalue weighted by molar-refractivity contribution is 5.92. The van der Waals surface area contributed by atoms with Gasteiger partial charge in [0, 0.05) is 24.7 Å². The quantitative estimate of drug-likeness (QED) is 0.847. The van der Waals surface area contributed by atoms with Crippen LogP contribution < -0.4 is 11.1 Å². The van der Waals surface area contributed by atoms with Gasteiger partial charge < -0.3 is 16.0 Å². The molecule has 1 aromatic rings. The molecule has 3 aliphatic heterocycles. The van der Waals surface area contributed by atoms with Crippen molar-refractivity contribution in [3.63, 3.8) is 0 Å². The second-order valence-electron chi connectivity index (χ2n) is 5.69. The molecule has 3 fully saturated rings. The largest absolute Gasteiger partial charge is 0.366 e. The molecule has 3 heterocycles. The molecule has 0 saturated carbocycles. The number of hydrogen-bond acceptors (Lipinski definition) is 3. The average molecular weight is 259 g/mol. The van der Waals surface area contributed by atoms with Crippen LogP contribution in [0, 0.1) is 5.92 Å². The highest BCUT2D eigenvalue weighted by Crippen LogP contribution is 2.27. The summed E-state index contributed by atoms with van der Waals surface area (Å²) in [6.07, 6.45) is 2.66. The molecule has 3 N–H and O–H groups in total. The first-order valence-corrected chi connectivity index (χ1v) is 7.07. The van der Waals surface area contributed by atoms with Gasteiger partial charge in [-0.3, -0.25) is 4.79 Å². The Kier molecular flexibility index (Phi) is 3.53. The van der Waals surface area contributed by atoms with Gasteiger partial charge in [0.05, 0.1) is 0 Å². The van der Waals surface area contributed by atoms with Gasteiger partial charge in [0.15, 0.2) is 0 Å². The first-order chi connectivity index (χ1) is 9.22. The third kappa shape index (κ3) is 2.80. The molecule has 4 rings (SSSR count). The van der Waals surface area contributed by atoms with E-state index in [2.05, 4.69) is 10.2 Å². The maximum Gasteiger partial charge on any atom is 0.248 e. The number of benzene rings is 1. The third-order valence-corrected chi connectivity index (χ3v) is 4.46. The van der Waals surface area contributed by atoms with Gasteiger partial charge in [-0.1, -0.05) is 12.1 Å². The summed E-state index contributed by atoms with van der Waals surface area (Å²) in [6.45, 7) is 4.60. The summed E-state index contributed by atoms with van der Waals surface area (Å²) in [6, 6.07) is 8.19. The lowest BCUT2D eigenvalue weighted by molar-refractivity contribution is 0.0720. The molecule has 1 aromatic carbocycles. The summed E-state index contributed by atoms with van der Waals surface area (Å²) in [7, 11) is 0. The molecule has 19 heavy (non-hydrogen) atoms. The van der Waals surface area contributed by atoms with Crippen molar-refractivity contribution in [1.29, 1.82) is 0 Å². The third-order valence-electron chi connectivity index (χ3n) is 4.46. The van der Waals surface area contributed by atoms with E-state index in [-0.39, 0.29) is 5.91 Å². The molecular weight excluding hydrogens is 238 g/mol. The number of amides is 1. The van der Waals surface area contributed by atoms with Crippen LogP contribution in [0.3, 0.4) is 0 Å². The van der Waals surface area contributed by atoms with Gasteiger partial charge in [0.25, 0.3) is 0 Å². The van der Waals surface area contributed by atoms with E-state index in [9.17, 15) is 4.79 Å². The van der Waals surface area contributed by atoms with Crippen LogP contribution in [0.15, 0.2) is 24.3 Å². The van der Waals surface area contributed by atoms with Gasteiger partial charge in [0.1, 0.15) is 0 Å². The van der Waals surface area contributed by atoms with E-state index >= 15 is 0 Å². The number of primary amides is 1. The highest BCUT2D eigenvalue weighted by atomic mass is 16.1. The lowest BCUT2D eigenvalue weighted by Crippen LogP contribution is -2.55. The number of rotatable bonds is 4. The summed E-state index contributed by atoms with van der Waals surface area (Å²) >= 11 is 0. The first kappa shape index (κ1) is 12.6. The number of piperidine rings is 3. The van der Waals surface area contributed by atoms with Crippen LogP contribution in [0.5, 0.6) is 0 Å². The molecule has 3 aliphatic rings. The maximum absolute atomic E-state index is 11.0. The number of nitrogens with zero attached hydrogens (tertiary/aromatic N) is 1. The van der Waals surface area contributed by atoms with Crippen LogP contribution >= 0.6 is 0 Å². The van der Waals surface area contributed by atoms with Gasteiger partial charge in [-0.25, -0.2) is 0 Å². The number of carbonyl (C=O) groups excluding carboxylic acids is 1. The normalized spacial score (nSPS) is 29.4. The van der Waals surface area contributed by atoms with Crippen molar-refractivity contribution in [2.24, 2.45) is 11.7 Å². The Hall–Kier alpha value is -1.39.